The molecule has 1 aliphatic heterocycles. The molecule has 2 aromatic rings. The van der Waals surface area contributed by atoms with E-state index in [4.69, 9.17) is 4.74 Å². The zero-order valence-corrected chi connectivity index (χ0v) is 19.2. The first-order valence-corrected chi connectivity index (χ1v) is 11.8. The van der Waals surface area contributed by atoms with Gasteiger partial charge < -0.3 is 20.5 Å². The first-order chi connectivity index (χ1) is 16.0. The topological polar surface area (TPSA) is 125 Å². The van der Waals surface area contributed by atoms with Crippen molar-refractivity contribution >= 4 is 34.9 Å². The molecule has 174 valence electrons. The van der Waals surface area contributed by atoms with E-state index in [1.54, 1.807) is 31.5 Å². The maximum Gasteiger partial charge on any atom is 0.290 e. The molecule has 2 fully saturated rings. The second-order valence-electron chi connectivity index (χ2n) is 8.06. The molecule has 0 unspecified atom stereocenters. The number of hydrogen-bond donors (Lipinski definition) is 4. The summed E-state index contributed by atoms with van der Waals surface area (Å²) in [6, 6.07) is 7.92. The number of amides is 2. The van der Waals surface area contributed by atoms with Gasteiger partial charge in [0.05, 0.1) is 17.7 Å². The van der Waals surface area contributed by atoms with E-state index in [2.05, 4.69) is 25.9 Å². The fourth-order valence-electron chi connectivity index (χ4n) is 4.00. The minimum atomic E-state index is -0.395. The first-order valence-electron chi connectivity index (χ1n) is 10.9. The number of benzene rings is 1. The summed E-state index contributed by atoms with van der Waals surface area (Å²) < 4.78 is 5.17. The maximum absolute atomic E-state index is 11.7. The summed E-state index contributed by atoms with van der Waals surface area (Å²) >= 11 is 0.874. The lowest BCUT2D eigenvalue weighted by atomic mass is 9.91. The highest BCUT2D eigenvalue weighted by Crippen LogP contribution is 2.27. The van der Waals surface area contributed by atoms with Gasteiger partial charge in [0.2, 0.25) is 5.95 Å². The van der Waals surface area contributed by atoms with Crippen molar-refractivity contribution in [3.8, 4) is 11.5 Å². The van der Waals surface area contributed by atoms with E-state index in [9.17, 15) is 14.7 Å². The zero-order valence-electron chi connectivity index (χ0n) is 18.3. The van der Waals surface area contributed by atoms with Crippen molar-refractivity contribution in [3.05, 3.63) is 46.6 Å². The Kier molecular flexibility index (Phi) is 7.46. The van der Waals surface area contributed by atoms with Gasteiger partial charge in [-0.3, -0.25) is 14.9 Å². The van der Waals surface area contributed by atoms with E-state index in [0.29, 0.717) is 28.3 Å². The number of rotatable bonds is 8. The number of aromatic nitrogens is 2. The second kappa shape index (κ2) is 10.7. The van der Waals surface area contributed by atoms with Crippen molar-refractivity contribution in [2.75, 3.05) is 19.0 Å². The van der Waals surface area contributed by atoms with Gasteiger partial charge in [0.1, 0.15) is 0 Å². The second-order valence-corrected chi connectivity index (χ2v) is 9.08. The predicted molar refractivity (Wildman–Crippen MR) is 127 cm³/mol. The Labute approximate surface area is 196 Å². The molecule has 1 saturated carbocycles. The smallest absolute Gasteiger partial charge is 0.290 e. The minimum absolute atomic E-state index is 0.157. The number of methoxy groups -OCH3 is 1. The van der Waals surface area contributed by atoms with Gasteiger partial charge in [0.15, 0.2) is 11.5 Å². The lowest BCUT2D eigenvalue weighted by molar-refractivity contribution is -0.115. The number of carbonyl (C=O) groups is 2. The molecule has 0 radical (unpaired) electrons. The minimum Gasteiger partial charge on any atom is -0.504 e. The first kappa shape index (κ1) is 23.1. The SMILES string of the molecule is COc1cc(CCNC2CCC(Nc3nccc(/C=C4\SC(=O)NC4=O)n3)CC2)ccc1O. The van der Waals surface area contributed by atoms with Crippen molar-refractivity contribution in [2.24, 2.45) is 0 Å². The summed E-state index contributed by atoms with van der Waals surface area (Å²) in [6.07, 6.45) is 8.23. The predicted octanol–water partition coefficient (Wildman–Crippen LogP) is 3.07. The molecule has 0 spiro atoms. The van der Waals surface area contributed by atoms with Crippen LogP contribution in [0.4, 0.5) is 10.7 Å². The van der Waals surface area contributed by atoms with Crippen LogP contribution in [0, 0.1) is 0 Å². The van der Waals surface area contributed by atoms with Crippen molar-refractivity contribution in [1.29, 1.82) is 0 Å². The van der Waals surface area contributed by atoms with Crippen LogP contribution in [0.15, 0.2) is 35.4 Å². The zero-order chi connectivity index (χ0) is 23.2. The Bertz CT molecular complexity index is 1050. The Morgan fingerprint density at radius 3 is 2.73 bits per heavy atom. The number of phenols is 1. The van der Waals surface area contributed by atoms with Crippen LogP contribution >= 0.6 is 11.8 Å². The third-order valence-electron chi connectivity index (χ3n) is 5.75. The van der Waals surface area contributed by atoms with E-state index in [1.807, 2.05) is 12.1 Å². The number of aromatic hydroxyl groups is 1. The van der Waals surface area contributed by atoms with Gasteiger partial charge >= 0.3 is 0 Å². The molecule has 2 aliphatic rings. The average molecular weight is 470 g/mol. The van der Waals surface area contributed by atoms with Crippen LogP contribution in [0.1, 0.15) is 36.9 Å². The summed E-state index contributed by atoms with van der Waals surface area (Å²) in [4.78, 5) is 32.1. The van der Waals surface area contributed by atoms with E-state index in [1.165, 1.54) is 0 Å². The summed E-state index contributed by atoms with van der Waals surface area (Å²) in [6.45, 7) is 0.866. The molecule has 4 rings (SSSR count). The number of thioether (sulfide) groups is 1. The molecule has 0 atom stereocenters. The molecule has 4 N–H and O–H groups in total. The molecule has 2 amide bonds. The van der Waals surface area contributed by atoms with Crippen LogP contribution in [0.25, 0.3) is 6.08 Å². The molecule has 1 aliphatic carbocycles. The summed E-state index contributed by atoms with van der Waals surface area (Å²) in [7, 11) is 1.55. The molecule has 1 aromatic heterocycles. The Hall–Kier alpha value is -3.11. The van der Waals surface area contributed by atoms with Gasteiger partial charge in [-0.15, -0.1) is 0 Å². The van der Waals surface area contributed by atoms with E-state index in [0.717, 1.165) is 56.0 Å². The van der Waals surface area contributed by atoms with Gasteiger partial charge in [0, 0.05) is 18.3 Å². The normalized spacial score (nSPS) is 21.8. The van der Waals surface area contributed by atoms with Crippen LogP contribution < -0.4 is 20.7 Å². The van der Waals surface area contributed by atoms with Gasteiger partial charge in [-0.2, -0.15) is 0 Å². The molecule has 2 heterocycles. The van der Waals surface area contributed by atoms with Crippen molar-refractivity contribution in [3.63, 3.8) is 0 Å². The molecule has 9 nitrogen and oxygen atoms in total. The third-order valence-corrected chi connectivity index (χ3v) is 6.56. The Morgan fingerprint density at radius 1 is 1.21 bits per heavy atom. The Balaban J connectivity index is 1.22. The summed E-state index contributed by atoms with van der Waals surface area (Å²) in [5.41, 5.74) is 1.71. The molecule has 1 aromatic carbocycles. The van der Waals surface area contributed by atoms with Crippen molar-refractivity contribution in [2.45, 2.75) is 44.2 Å². The van der Waals surface area contributed by atoms with Gasteiger partial charge in [-0.25, -0.2) is 9.97 Å². The van der Waals surface area contributed by atoms with Gasteiger partial charge in [0.25, 0.3) is 11.1 Å². The number of ether oxygens (including phenoxy) is 1. The monoisotopic (exact) mass is 469 g/mol. The highest BCUT2D eigenvalue weighted by molar-refractivity contribution is 8.18. The van der Waals surface area contributed by atoms with E-state index in [-0.39, 0.29) is 17.0 Å². The quantitative estimate of drug-likeness (QED) is 0.432. The van der Waals surface area contributed by atoms with Crippen LogP contribution in [0.3, 0.4) is 0 Å². The van der Waals surface area contributed by atoms with E-state index < -0.39 is 5.91 Å². The highest BCUT2D eigenvalue weighted by atomic mass is 32.2. The lowest BCUT2D eigenvalue weighted by Gasteiger charge is -2.29. The number of nitrogens with zero attached hydrogens (tertiary/aromatic N) is 2. The number of anilines is 1. The van der Waals surface area contributed by atoms with E-state index >= 15 is 0 Å². The molecule has 33 heavy (non-hydrogen) atoms. The fourth-order valence-corrected chi connectivity index (χ4v) is 4.67. The fraction of sp³-hybridized carbons (Fsp3) is 0.391. The van der Waals surface area contributed by atoms with Crippen LogP contribution in [0.5, 0.6) is 11.5 Å². The molecular formula is C23H27N5O4S. The largest absolute Gasteiger partial charge is 0.504 e. The van der Waals surface area contributed by atoms with Gasteiger partial charge in [-0.05, 0) is 80.2 Å². The van der Waals surface area contributed by atoms with Crippen molar-refractivity contribution in [1.82, 2.24) is 20.6 Å². The highest BCUT2D eigenvalue weighted by Gasteiger charge is 2.25. The maximum atomic E-state index is 11.7. The number of nitrogens with one attached hydrogen (secondary N) is 3. The third kappa shape index (κ3) is 6.23. The lowest BCUT2D eigenvalue weighted by Crippen LogP contribution is -2.38. The van der Waals surface area contributed by atoms with Crippen LogP contribution in [0.2, 0.25) is 0 Å². The number of phenolic OH excluding ortho intramolecular Hbond substituents is 1. The molecule has 10 heteroatoms. The summed E-state index contributed by atoms with van der Waals surface area (Å²) in [5.74, 6) is 0.787. The molecular weight excluding hydrogens is 442 g/mol. The Morgan fingerprint density at radius 2 is 2.00 bits per heavy atom. The van der Waals surface area contributed by atoms with Crippen LogP contribution in [-0.2, 0) is 11.2 Å². The molecule has 0 bridgehead atoms. The van der Waals surface area contributed by atoms with Crippen molar-refractivity contribution < 1.29 is 19.4 Å². The van der Waals surface area contributed by atoms with Gasteiger partial charge in [-0.1, -0.05) is 6.07 Å². The van der Waals surface area contributed by atoms with Crippen LogP contribution in [-0.4, -0.2) is 52.0 Å². The standard InChI is InChI=1S/C23H27N5O4S/c1-32-19-12-14(2-7-18(19)29)8-10-24-15-3-5-16(6-4-15)26-22-25-11-9-17(27-22)13-20-21(30)28-23(31)33-20/h2,7,9,11-13,15-16,24,29H,3-6,8,10H2,1H3,(H,25,26,27)(H,28,30,31)/b20-13-. The number of carbonyl (C=O) groups excluding carboxylic acids is 2. The number of hydrogen-bond acceptors (Lipinski definition) is 9. The summed E-state index contributed by atoms with van der Waals surface area (Å²) in [5, 5.41) is 18.6. The average Bonchev–Trinajstić information content (AvgIpc) is 3.12. The molecule has 1 saturated heterocycles. The number of imide groups is 1.